The van der Waals surface area contributed by atoms with Crippen molar-refractivity contribution in [3.8, 4) is 5.75 Å². The Labute approximate surface area is 79.7 Å². The highest BCUT2D eigenvalue weighted by molar-refractivity contribution is 5.33. The Kier molecular flexibility index (Phi) is 2.26. The smallest absolute Gasteiger partial charge is 0.119 e. The van der Waals surface area contributed by atoms with Crippen LogP contribution in [0.2, 0.25) is 0 Å². The predicted molar refractivity (Wildman–Crippen MR) is 54.1 cm³/mol. The average molecular weight is 176 g/mol. The van der Waals surface area contributed by atoms with Gasteiger partial charge in [0, 0.05) is 0 Å². The highest BCUT2D eigenvalue weighted by Gasteiger charge is 2.36. The van der Waals surface area contributed by atoms with E-state index in [4.69, 9.17) is 4.74 Å². The van der Waals surface area contributed by atoms with Gasteiger partial charge in [0.05, 0.1) is 7.11 Å². The second kappa shape index (κ2) is 3.41. The molecule has 1 aromatic carbocycles. The lowest BCUT2D eigenvalue weighted by molar-refractivity contribution is 0.414. The molecule has 1 aliphatic rings. The molecule has 1 fully saturated rings. The summed E-state index contributed by atoms with van der Waals surface area (Å²) in [5.74, 6) is 2.71. The van der Waals surface area contributed by atoms with Crippen LogP contribution in [0, 0.1) is 5.92 Å². The van der Waals surface area contributed by atoms with Gasteiger partial charge in [0.15, 0.2) is 0 Å². The summed E-state index contributed by atoms with van der Waals surface area (Å²) in [7, 11) is 1.73. The fourth-order valence-electron chi connectivity index (χ4n) is 1.98. The highest BCUT2D eigenvalue weighted by Crippen LogP contribution is 2.49. The zero-order chi connectivity index (χ0) is 9.26. The maximum Gasteiger partial charge on any atom is 0.119 e. The largest absolute Gasteiger partial charge is 0.497 e. The van der Waals surface area contributed by atoms with E-state index >= 15 is 0 Å². The molecule has 0 aliphatic heterocycles. The van der Waals surface area contributed by atoms with Gasteiger partial charge in [-0.2, -0.15) is 0 Å². The van der Waals surface area contributed by atoms with Crippen LogP contribution >= 0.6 is 0 Å². The summed E-state index contributed by atoms with van der Waals surface area (Å²) in [6, 6.07) is 8.47. The summed E-state index contributed by atoms with van der Waals surface area (Å²) in [6.45, 7) is 2.27. The second-order valence-electron chi connectivity index (χ2n) is 3.79. The van der Waals surface area contributed by atoms with Crippen molar-refractivity contribution in [2.45, 2.75) is 25.7 Å². The summed E-state index contributed by atoms with van der Waals surface area (Å²) in [5, 5.41) is 0. The molecule has 0 spiro atoms. The van der Waals surface area contributed by atoms with Crippen LogP contribution in [0.15, 0.2) is 24.3 Å². The van der Waals surface area contributed by atoms with Crippen molar-refractivity contribution in [1.29, 1.82) is 0 Å². The van der Waals surface area contributed by atoms with Gasteiger partial charge in [-0.3, -0.25) is 0 Å². The van der Waals surface area contributed by atoms with E-state index in [-0.39, 0.29) is 0 Å². The van der Waals surface area contributed by atoms with Gasteiger partial charge >= 0.3 is 0 Å². The molecule has 1 aromatic rings. The third-order valence-corrected chi connectivity index (χ3v) is 2.97. The minimum absolute atomic E-state index is 0.806. The van der Waals surface area contributed by atoms with Crippen LogP contribution in [-0.2, 0) is 0 Å². The third kappa shape index (κ3) is 1.69. The van der Waals surface area contributed by atoms with E-state index in [1.165, 1.54) is 18.4 Å². The number of hydrogen-bond donors (Lipinski definition) is 0. The highest BCUT2D eigenvalue weighted by atomic mass is 16.5. The first-order valence-electron chi connectivity index (χ1n) is 4.99. The molecular formula is C12H16O. The maximum atomic E-state index is 5.20. The number of benzene rings is 1. The van der Waals surface area contributed by atoms with Gasteiger partial charge in [-0.25, -0.2) is 0 Å². The van der Waals surface area contributed by atoms with Gasteiger partial charge in [-0.05, 0) is 36.0 Å². The van der Waals surface area contributed by atoms with Gasteiger partial charge in [0.2, 0.25) is 0 Å². The summed E-state index contributed by atoms with van der Waals surface area (Å²) >= 11 is 0. The van der Waals surface area contributed by atoms with Gasteiger partial charge in [0.25, 0.3) is 0 Å². The molecule has 1 saturated carbocycles. The van der Waals surface area contributed by atoms with Crippen LogP contribution < -0.4 is 4.74 Å². The van der Waals surface area contributed by atoms with Crippen LogP contribution in [0.5, 0.6) is 5.75 Å². The summed E-state index contributed by atoms with van der Waals surface area (Å²) in [5.41, 5.74) is 1.45. The van der Waals surface area contributed by atoms with Crippen LogP contribution in [0.25, 0.3) is 0 Å². The molecule has 0 bridgehead atoms. The first-order valence-corrected chi connectivity index (χ1v) is 4.99. The van der Waals surface area contributed by atoms with Crippen molar-refractivity contribution in [1.82, 2.24) is 0 Å². The second-order valence-corrected chi connectivity index (χ2v) is 3.79. The van der Waals surface area contributed by atoms with E-state index in [0.29, 0.717) is 0 Å². The van der Waals surface area contributed by atoms with Gasteiger partial charge < -0.3 is 4.74 Å². The lowest BCUT2D eigenvalue weighted by Crippen LogP contribution is -1.86. The van der Waals surface area contributed by atoms with Crippen molar-refractivity contribution in [2.24, 2.45) is 5.92 Å². The Morgan fingerprint density at radius 2 is 2.31 bits per heavy atom. The zero-order valence-corrected chi connectivity index (χ0v) is 8.29. The van der Waals surface area contributed by atoms with Crippen LogP contribution in [0.3, 0.4) is 0 Å². The van der Waals surface area contributed by atoms with E-state index in [9.17, 15) is 0 Å². The van der Waals surface area contributed by atoms with Crippen molar-refractivity contribution >= 4 is 0 Å². The molecule has 0 heterocycles. The van der Waals surface area contributed by atoms with Crippen LogP contribution in [-0.4, -0.2) is 7.11 Å². The summed E-state index contributed by atoms with van der Waals surface area (Å²) in [4.78, 5) is 0. The minimum Gasteiger partial charge on any atom is -0.497 e. The van der Waals surface area contributed by atoms with Gasteiger partial charge in [-0.1, -0.05) is 25.5 Å². The van der Waals surface area contributed by atoms with Crippen LogP contribution in [0.4, 0.5) is 0 Å². The molecular weight excluding hydrogens is 160 g/mol. The van der Waals surface area contributed by atoms with Crippen molar-refractivity contribution in [2.75, 3.05) is 7.11 Å². The lowest BCUT2D eigenvalue weighted by Gasteiger charge is -2.02. The normalized spacial score (nSPS) is 25.7. The lowest BCUT2D eigenvalue weighted by atomic mass is 10.1. The molecule has 13 heavy (non-hydrogen) atoms. The van der Waals surface area contributed by atoms with Gasteiger partial charge in [0.1, 0.15) is 5.75 Å². The molecule has 70 valence electrons. The minimum atomic E-state index is 0.806. The Morgan fingerprint density at radius 3 is 2.92 bits per heavy atom. The average Bonchev–Trinajstić information content (AvgIpc) is 2.97. The Bertz CT molecular complexity index is 293. The third-order valence-electron chi connectivity index (χ3n) is 2.97. The van der Waals surface area contributed by atoms with E-state index in [1.807, 2.05) is 6.07 Å². The molecule has 1 aliphatic carbocycles. The quantitative estimate of drug-likeness (QED) is 0.687. The Balaban J connectivity index is 2.13. The summed E-state index contributed by atoms with van der Waals surface area (Å²) < 4.78 is 5.20. The maximum absolute atomic E-state index is 5.20. The number of ether oxygens (including phenoxy) is 1. The van der Waals surface area contributed by atoms with E-state index in [1.54, 1.807) is 7.11 Å². The zero-order valence-electron chi connectivity index (χ0n) is 8.29. The number of methoxy groups -OCH3 is 1. The Hall–Kier alpha value is -0.980. The molecule has 0 aromatic heterocycles. The van der Waals surface area contributed by atoms with Crippen molar-refractivity contribution in [3.63, 3.8) is 0 Å². The molecule has 0 N–H and O–H groups in total. The fourth-order valence-corrected chi connectivity index (χ4v) is 1.98. The predicted octanol–water partition coefficient (Wildman–Crippen LogP) is 3.21. The first-order chi connectivity index (χ1) is 6.35. The molecule has 0 amide bonds. The van der Waals surface area contributed by atoms with Crippen molar-refractivity contribution < 1.29 is 4.74 Å². The molecule has 0 radical (unpaired) electrons. The SMILES string of the molecule is CC[C@H]1C[C@@H]1c1cccc(OC)c1. The molecule has 1 heteroatoms. The number of hydrogen-bond acceptors (Lipinski definition) is 1. The standard InChI is InChI=1S/C12H16O/c1-3-9-8-12(9)10-5-4-6-11(7-10)13-2/h4-7,9,12H,3,8H2,1-2H3/t9-,12-/m0/s1. The first kappa shape index (κ1) is 8.61. The number of rotatable bonds is 3. The molecule has 2 rings (SSSR count). The van der Waals surface area contributed by atoms with E-state index < -0.39 is 0 Å². The topological polar surface area (TPSA) is 9.23 Å². The molecule has 1 nitrogen and oxygen atoms in total. The molecule has 2 atom stereocenters. The van der Waals surface area contributed by atoms with Crippen LogP contribution in [0.1, 0.15) is 31.2 Å². The fraction of sp³-hybridized carbons (Fsp3) is 0.500. The van der Waals surface area contributed by atoms with E-state index in [0.717, 1.165) is 17.6 Å². The van der Waals surface area contributed by atoms with Gasteiger partial charge in [-0.15, -0.1) is 0 Å². The van der Waals surface area contributed by atoms with Crippen molar-refractivity contribution in [3.05, 3.63) is 29.8 Å². The summed E-state index contributed by atoms with van der Waals surface area (Å²) in [6.07, 6.45) is 2.67. The molecule has 0 saturated heterocycles. The molecule has 0 unspecified atom stereocenters. The Morgan fingerprint density at radius 1 is 1.46 bits per heavy atom. The monoisotopic (exact) mass is 176 g/mol. The van der Waals surface area contributed by atoms with E-state index in [2.05, 4.69) is 25.1 Å².